The van der Waals surface area contributed by atoms with Crippen LogP contribution in [0.4, 0.5) is 10.7 Å². The number of para-hydroxylation sites is 1. The number of amides is 1. The van der Waals surface area contributed by atoms with Gasteiger partial charge in [0.05, 0.1) is 18.1 Å². The highest BCUT2D eigenvalue weighted by Crippen LogP contribution is 2.23. The standard InChI is InChI=1S/C17H17N3O3/c1-20(17(21)22)16-18-13-8-7-11(10-14(13)19-16)9-12-5-3-4-6-15(12)23-2/h3-8,10H,9H2,1-2H3,(H,18,19)(H,21,22)/p-1. The summed E-state index contributed by atoms with van der Waals surface area (Å²) in [5, 5.41) is 10.9. The van der Waals surface area contributed by atoms with Crippen molar-refractivity contribution in [1.82, 2.24) is 9.97 Å². The number of aromatic amines is 1. The zero-order valence-corrected chi connectivity index (χ0v) is 12.9. The number of hydrogen-bond acceptors (Lipinski definition) is 4. The Kier molecular flexibility index (Phi) is 3.89. The van der Waals surface area contributed by atoms with Gasteiger partial charge in [0.15, 0.2) is 0 Å². The monoisotopic (exact) mass is 310 g/mol. The molecule has 3 aromatic rings. The molecule has 23 heavy (non-hydrogen) atoms. The summed E-state index contributed by atoms with van der Waals surface area (Å²) in [4.78, 5) is 19.1. The molecule has 0 bridgehead atoms. The van der Waals surface area contributed by atoms with E-state index >= 15 is 0 Å². The van der Waals surface area contributed by atoms with Gasteiger partial charge in [-0.25, -0.2) is 4.98 Å². The van der Waals surface area contributed by atoms with E-state index in [1.807, 2.05) is 42.5 Å². The average Bonchev–Trinajstić information content (AvgIpc) is 2.97. The Bertz CT molecular complexity index is 857. The molecular weight excluding hydrogens is 294 g/mol. The van der Waals surface area contributed by atoms with Crippen LogP contribution in [0.25, 0.3) is 11.0 Å². The maximum Gasteiger partial charge on any atom is 0.209 e. The van der Waals surface area contributed by atoms with E-state index in [2.05, 4.69) is 9.97 Å². The summed E-state index contributed by atoms with van der Waals surface area (Å²) < 4.78 is 5.37. The molecule has 6 nitrogen and oxygen atoms in total. The minimum absolute atomic E-state index is 0.245. The van der Waals surface area contributed by atoms with Gasteiger partial charge in [-0.1, -0.05) is 24.3 Å². The van der Waals surface area contributed by atoms with E-state index in [4.69, 9.17) is 4.74 Å². The van der Waals surface area contributed by atoms with Gasteiger partial charge in [0, 0.05) is 13.5 Å². The van der Waals surface area contributed by atoms with Gasteiger partial charge in [0.25, 0.3) is 0 Å². The van der Waals surface area contributed by atoms with Crippen LogP contribution in [-0.4, -0.2) is 30.2 Å². The number of ether oxygens (including phenoxy) is 1. The highest BCUT2D eigenvalue weighted by atomic mass is 16.5. The van der Waals surface area contributed by atoms with Crippen molar-refractivity contribution in [3.8, 4) is 5.75 Å². The molecule has 1 aromatic heterocycles. The Morgan fingerprint density at radius 3 is 2.83 bits per heavy atom. The van der Waals surface area contributed by atoms with Crippen molar-refractivity contribution in [1.29, 1.82) is 0 Å². The highest BCUT2D eigenvalue weighted by molar-refractivity contribution is 5.85. The number of H-pyrrole nitrogens is 1. The van der Waals surface area contributed by atoms with Gasteiger partial charge in [-0.2, -0.15) is 0 Å². The van der Waals surface area contributed by atoms with Crippen molar-refractivity contribution in [2.45, 2.75) is 6.42 Å². The number of carbonyl (C=O) groups excluding carboxylic acids is 1. The molecule has 0 radical (unpaired) electrons. The van der Waals surface area contributed by atoms with Crippen LogP contribution in [0.5, 0.6) is 5.75 Å². The molecule has 3 rings (SSSR count). The predicted octanol–water partition coefficient (Wildman–Crippen LogP) is 1.94. The van der Waals surface area contributed by atoms with E-state index in [-0.39, 0.29) is 5.95 Å². The van der Waals surface area contributed by atoms with Crippen LogP contribution in [0, 0.1) is 0 Å². The SMILES string of the molecule is COc1ccccc1Cc1ccc2nc(N(C)C(=O)[O-])[nH]c2c1. The summed E-state index contributed by atoms with van der Waals surface area (Å²) in [5.74, 6) is 1.09. The van der Waals surface area contributed by atoms with E-state index in [1.54, 1.807) is 7.11 Å². The molecule has 0 saturated heterocycles. The number of methoxy groups -OCH3 is 1. The molecule has 0 aliphatic rings. The first-order chi connectivity index (χ1) is 11.1. The van der Waals surface area contributed by atoms with Gasteiger partial charge in [-0.15, -0.1) is 0 Å². The number of hydrogen-bond donors (Lipinski definition) is 1. The number of fused-ring (bicyclic) bond motifs is 1. The van der Waals surface area contributed by atoms with Crippen LogP contribution >= 0.6 is 0 Å². The molecule has 2 aromatic carbocycles. The molecule has 1 N–H and O–H groups in total. The van der Waals surface area contributed by atoms with E-state index in [0.29, 0.717) is 11.9 Å². The first-order valence-electron chi connectivity index (χ1n) is 7.13. The molecule has 0 saturated carbocycles. The molecule has 1 amide bonds. The Hall–Kier alpha value is -3.02. The summed E-state index contributed by atoms with van der Waals surface area (Å²) in [6.45, 7) is 0. The Morgan fingerprint density at radius 1 is 1.30 bits per heavy atom. The Labute approximate surface area is 133 Å². The first kappa shape index (κ1) is 14.9. The summed E-state index contributed by atoms with van der Waals surface area (Å²) in [5.41, 5.74) is 3.65. The number of carbonyl (C=O) groups is 1. The van der Waals surface area contributed by atoms with Gasteiger partial charge >= 0.3 is 0 Å². The smallest absolute Gasteiger partial charge is 0.209 e. The van der Waals surface area contributed by atoms with Crippen molar-refractivity contribution in [2.75, 3.05) is 19.1 Å². The molecule has 0 fully saturated rings. The third-order valence-electron chi connectivity index (χ3n) is 3.71. The number of benzene rings is 2. The van der Waals surface area contributed by atoms with Crippen molar-refractivity contribution in [3.63, 3.8) is 0 Å². The summed E-state index contributed by atoms with van der Waals surface area (Å²) in [7, 11) is 3.04. The second-order valence-corrected chi connectivity index (χ2v) is 5.23. The fraction of sp³-hybridized carbons (Fsp3) is 0.176. The van der Waals surface area contributed by atoms with Crippen LogP contribution < -0.4 is 14.7 Å². The molecule has 0 aliphatic heterocycles. The van der Waals surface area contributed by atoms with Crippen molar-refractivity contribution < 1.29 is 14.6 Å². The second kappa shape index (κ2) is 6.00. The Morgan fingerprint density at radius 2 is 2.09 bits per heavy atom. The van der Waals surface area contributed by atoms with Gasteiger partial charge < -0.3 is 24.5 Å². The van der Waals surface area contributed by atoms with E-state index < -0.39 is 6.09 Å². The van der Waals surface area contributed by atoms with Crippen LogP contribution in [-0.2, 0) is 6.42 Å². The number of aromatic nitrogens is 2. The predicted molar refractivity (Wildman–Crippen MR) is 85.7 cm³/mol. The van der Waals surface area contributed by atoms with Crippen molar-refractivity contribution in [3.05, 3.63) is 53.6 Å². The van der Waals surface area contributed by atoms with Crippen LogP contribution in [0.3, 0.4) is 0 Å². The molecule has 118 valence electrons. The fourth-order valence-electron chi connectivity index (χ4n) is 2.47. The fourth-order valence-corrected chi connectivity index (χ4v) is 2.47. The molecule has 1 heterocycles. The van der Waals surface area contributed by atoms with E-state index in [0.717, 1.165) is 27.3 Å². The normalized spacial score (nSPS) is 10.7. The number of nitrogens with zero attached hydrogens (tertiary/aromatic N) is 2. The van der Waals surface area contributed by atoms with Crippen LogP contribution in [0.15, 0.2) is 42.5 Å². The first-order valence-corrected chi connectivity index (χ1v) is 7.13. The molecule has 0 aliphatic carbocycles. The maximum atomic E-state index is 10.9. The number of rotatable bonds is 4. The third kappa shape index (κ3) is 2.96. The summed E-state index contributed by atoms with van der Waals surface area (Å²) >= 11 is 0. The lowest BCUT2D eigenvalue weighted by Gasteiger charge is -2.15. The third-order valence-corrected chi connectivity index (χ3v) is 3.71. The molecule has 0 atom stereocenters. The van der Waals surface area contributed by atoms with Crippen LogP contribution in [0.1, 0.15) is 11.1 Å². The largest absolute Gasteiger partial charge is 0.530 e. The minimum Gasteiger partial charge on any atom is -0.530 e. The lowest BCUT2D eigenvalue weighted by atomic mass is 10.0. The Balaban J connectivity index is 1.92. The van der Waals surface area contributed by atoms with Gasteiger partial charge in [-0.05, 0) is 29.3 Å². The number of imidazole rings is 1. The minimum atomic E-state index is -1.31. The molecule has 6 heteroatoms. The highest BCUT2D eigenvalue weighted by Gasteiger charge is 2.09. The molecule has 0 spiro atoms. The molecule has 0 unspecified atom stereocenters. The quantitative estimate of drug-likeness (QED) is 0.798. The topological polar surface area (TPSA) is 81.3 Å². The van der Waals surface area contributed by atoms with Gasteiger partial charge in [0.2, 0.25) is 5.95 Å². The van der Waals surface area contributed by atoms with Crippen molar-refractivity contribution in [2.24, 2.45) is 0 Å². The van der Waals surface area contributed by atoms with E-state index in [9.17, 15) is 9.90 Å². The number of nitrogens with one attached hydrogen (secondary N) is 1. The zero-order valence-electron chi connectivity index (χ0n) is 12.9. The summed E-state index contributed by atoms with van der Waals surface area (Å²) in [6.07, 6.45) is -0.594. The lowest BCUT2D eigenvalue weighted by molar-refractivity contribution is -0.246. The number of anilines is 1. The van der Waals surface area contributed by atoms with E-state index in [1.165, 1.54) is 7.05 Å². The van der Waals surface area contributed by atoms with Crippen LogP contribution in [0.2, 0.25) is 0 Å². The maximum absolute atomic E-state index is 10.9. The van der Waals surface area contributed by atoms with Crippen molar-refractivity contribution >= 4 is 23.1 Å². The van der Waals surface area contributed by atoms with Gasteiger partial charge in [0.1, 0.15) is 11.8 Å². The molecular formula is C17H16N3O3-. The lowest BCUT2D eigenvalue weighted by Crippen LogP contribution is -2.38. The van der Waals surface area contributed by atoms with Gasteiger partial charge in [-0.3, -0.25) is 0 Å². The zero-order chi connectivity index (χ0) is 16.4. The summed E-state index contributed by atoms with van der Waals surface area (Å²) in [6, 6.07) is 13.6. The average molecular weight is 310 g/mol. The second-order valence-electron chi connectivity index (χ2n) is 5.23. The number of carboxylic acid groups (broad SMARTS) is 1.